The van der Waals surface area contributed by atoms with Gasteiger partial charge in [0.2, 0.25) is 0 Å². The zero-order valence-electron chi connectivity index (χ0n) is 25.1. The molecule has 2 aromatic rings. The number of aryl methyl sites for hydroxylation is 2. The Morgan fingerprint density at radius 1 is 0.744 bits per heavy atom. The van der Waals surface area contributed by atoms with Gasteiger partial charge in [0.05, 0.1) is 61.4 Å². The Kier molecular flexibility index (Phi) is 16.6. The first-order chi connectivity index (χ1) is 19.8. The number of carboxylic acids is 2. The summed E-state index contributed by atoms with van der Waals surface area (Å²) in [5.41, 5.74) is 2.95. The minimum absolute atomic E-state index is 0. The molecule has 0 bridgehead atoms. The molecule has 43 heavy (non-hydrogen) atoms. The monoisotopic (exact) mass is 606 g/mol. The van der Waals surface area contributed by atoms with Crippen LogP contribution in [0.4, 0.5) is 0 Å². The van der Waals surface area contributed by atoms with Crippen molar-refractivity contribution in [3.05, 3.63) is 52.1 Å². The van der Waals surface area contributed by atoms with Crippen LogP contribution in [0.3, 0.4) is 0 Å². The Balaban J connectivity index is 0.000000802. The van der Waals surface area contributed by atoms with E-state index in [1.54, 1.807) is 25.3 Å². The third kappa shape index (κ3) is 11.6. The predicted molar refractivity (Wildman–Crippen MR) is 159 cm³/mol. The van der Waals surface area contributed by atoms with E-state index in [0.29, 0.717) is 34.1 Å². The van der Waals surface area contributed by atoms with Gasteiger partial charge in [0.1, 0.15) is 23.0 Å². The zero-order valence-corrected chi connectivity index (χ0v) is 25.1. The average molecular weight is 607 g/mol. The van der Waals surface area contributed by atoms with Crippen LogP contribution < -0.4 is 18.9 Å². The molecule has 0 saturated carbocycles. The van der Waals surface area contributed by atoms with Crippen LogP contribution in [0, 0.1) is 19.8 Å². The van der Waals surface area contributed by atoms with Gasteiger partial charge in [0.25, 0.3) is 0 Å². The van der Waals surface area contributed by atoms with E-state index < -0.39 is 36.2 Å². The molecular weight excluding hydrogens is 564 g/mol. The number of hydrogen-bond acceptors (Lipinski definition) is 10. The minimum atomic E-state index is -1.12. The Morgan fingerprint density at radius 3 is 1.72 bits per heavy atom. The second kappa shape index (κ2) is 18.6. The molecule has 2 aromatic carbocycles. The lowest BCUT2D eigenvalue weighted by Gasteiger charge is -2.17. The van der Waals surface area contributed by atoms with Crippen LogP contribution in [0.15, 0.2) is 29.8 Å². The van der Waals surface area contributed by atoms with E-state index in [4.69, 9.17) is 29.2 Å². The summed E-state index contributed by atoms with van der Waals surface area (Å²) in [6.45, 7) is 3.68. The van der Waals surface area contributed by atoms with Crippen molar-refractivity contribution in [1.29, 1.82) is 0 Å². The fourth-order valence-corrected chi connectivity index (χ4v) is 4.19. The number of aliphatic carboxylic acids is 2. The number of esters is 2. The van der Waals surface area contributed by atoms with Crippen molar-refractivity contribution in [1.82, 2.24) is 0 Å². The van der Waals surface area contributed by atoms with Crippen LogP contribution in [-0.4, -0.2) is 76.7 Å². The van der Waals surface area contributed by atoms with Gasteiger partial charge in [-0.1, -0.05) is 7.43 Å². The maximum absolute atomic E-state index is 11.7. The van der Waals surface area contributed by atoms with Crippen molar-refractivity contribution in [2.45, 2.75) is 40.5 Å². The quantitative estimate of drug-likeness (QED) is 0.243. The van der Waals surface area contributed by atoms with Gasteiger partial charge in [-0.05, 0) is 67.3 Å². The summed E-state index contributed by atoms with van der Waals surface area (Å²) < 4.78 is 30.3. The van der Waals surface area contributed by atoms with Gasteiger partial charge in [-0.25, -0.2) is 4.79 Å². The summed E-state index contributed by atoms with van der Waals surface area (Å²) >= 11 is 0. The second-order valence-corrected chi connectivity index (χ2v) is 8.96. The largest absolute Gasteiger partial charge is 0.497 e. The SMILES string of the molecule is C.COC(=O)/C(=C/c1cc(OC)cc(C)c1OC)CC(=O)O.COC(=O)C(CC(=O)O)Cc1cc(OC)cc(C)c1OC. The molecule has 2 N–H and O–H groups in total. The molecular formula is C31H42O12. The minimum Gasteiger partial charge on any atom is -0.497 e. The third-order valence-corrected chi connectivity index (χ3v) is 6.02. The molecule has 0 aromatic heterocycles. The van der Waals surface area contributed by atoms with Crippen molar-refractivity contribution < 1.29 is 57.8 Å². The molecule has 238 valence electrons. The third-order valence-electron chi connectivity index (χ3n) is 6.02. The van der Waals surface area contributed by atoms with Gasteiger partial charge in [0, 0.05) is 11.1 Å². The number of methoxy groups -OCH3 is 6. The van der Waals surface area contributed by atoms with Crippen molar-refractivity contribution in [3.63, 3.8) is 0 Å². The number of benzene rings is 2. The van der Waals surface area contributed by atoms with Crippen LogP contribution in [0.2, 0.25) is 0 Å². The van der Waals surface area contributed by atoms with Crippen LogP contribution in [-0.2, 0) is 35.1 Å². The summed E-state index contributed by atoms with van der Waals surface area (Å²) in [4.78, 5) is 45.2. The van der Waals surface area contributed by atoms with Gasteiger partial charge in [0.15, 0.2) is 0 Å². The Bertz CT molecular complexity index is 1300. The fraction of sp³-hybridized carbons (Fsp3) is 0.419. The van der Waals surface area contributed by atoms with Crippen LogP contribution in [0.5, 0.6) is 23.0 Å². The first-order valence-corrected chi connectivity index (χ1v) is 12.6. The molecule has 12 heteroatoms. The van der Waals surface area contributed by atoms with Crippen molar-refractivity contribution >= 4 is 30.0 Å². The van der Waals surface area contributed by atoms with Gasteiger partial charge >= 0.3 is 23.9 Å². The molecule has 0 spiro atoms. The molecule has 0 saturated heterocycles. The van der Waals surface area contributed by atoms with E-state index >= 15 is 0 Å². The standard InChI is InChI=1S/C15H20O6.C15H18O6.CH4/c2*1-9-5-12(19-2)7-10(14(9)20-3)6-11(8-13(16)17)15(18)21-4;/h5,7,11H,6,8H2,1-4H3,(H,16,17);5-7H,8H2,1-4H3,(H,16,17);1H4/b;11-6+;. The average Bonchev–Trinajstić information content (AvgIpc) is 2.94. The van der Waals surface area contributed by atoms with Crippen molar-refractivity contribution in [2.24, 2.45) is 5.92 Å². The molecule has 0 aliphatic rings. The summed E-state index contributed by atoms with van der Waals surface area (Å²) in [6.07, 6.45) is 0.909. The molecule has 1 unspecified atom stereocenters. The zero-order chi connectivity index (χ0) is 32.0. The Hall–Kier alpha value is -4.74. The highest BCUT2D eigenvalue weighted by atomic mass is 16.5. The lowest BCUT2D eigenvalue weighted by atomic mass is 9.94. The summed E-state index contributed by atoms with van der Waals surface area (Å²) in [5.74, 6) is -1.82. The molecule has 0 aliphatic heterocycles. The summed E-state index contributed by atoms with van der Waals surface area (Å²) in [6, 6.07) is 7.00. The molecule has 0 radical (unpaired) electrons. The van der Waals surface area contributed by atoms with Gasteiger partial charge in [-0.15, -0.1) is 0 Å². The highest BCUT2D eigenvalue weighted by Gasteiger charge is 2.25. The lowest BCUT2D eigenvalue weighted by molar-refractivity contribution is -0.150. The van der Waals surface area contributed by atoms with E-state index in [1.165, 1.54) is 41.6 Å². The normalized spacial score (nSPS) is 11.0. The van der Waals surface area contributed by atoms with Crippen LogP contribution in [0.1, 0.15) is 42.5 Å². The van der Waals surface area contributed by atoms with E-state index in [9.17, 15) is 19.2 Å². The van der Waals surface area contributed by atoms with E-state index in [2.05, 4.69) is 9.47 Å². The highest BCUT2D eigenvalue weighted by Crippen LogP contribution is 2.32. The number of rotatable bonds is 13. The molecule has 12 nitrogen and oxygen atoms in total. The van der Waals surface area contributed by atoms with E-state index in [-0.39, 0.29) is 25.8 Å². The number of hydrogen-bond donors (Lipinski definition) is 2. The van der Waals surface area contributed by atoms with Gasteiger partial charge < -0.3 is 38.6 Å². The first-order valence-electron chi connectivity index (χ1n) is 12.6. The Labute approximate surface area is 252 Å². The smallest absolute Gasteiger partial charge is 0.334 e. The van der Waals surface area contributed by atoms with E-state index in [0.717, 1.165) is 11.1 Å². The lowest BCUT2D eigenvalue weighted by Crippen LogP contribution is -2.22. The number of carbonyl (C=O) groups is 4. The molecule has 0 fully saturated rings. The highest BCUT2D eigenvalue weighted by molar-refractivity contribution is 5.98. The molecule has 0 aliphatic carbocycles. The van der Waals surface area contributed by atoms with Crippen molar-refractivity contribution in [3.8, 4) is 23.0 Å². The molecule has 1 atom stereocenters. The Morgan fingerprint density at radius 2 is 1.28 bits per heavy atom. The van der Waals surface area contributed by atoms with Crippen molar-refractivity contribution in [2.75, 3.05) is 42.7 Å². The topological polar surface area (TPSA) is 164 Å². The van der Waals surface area contributed by atoms with Gasteiger partial charge in [-0.2, -0.15) is 0 Å². The fourth-order valence-electron chi connectivity index (χ4n) is 4.19. The molecule has 0 heterocycles. The maximum Gasteiger partial charge on any atom is 0.334 e. The summed E-state index contributed by atoms with van der Waals surface area (Å²) in [7, 11) is 8.54. The first kappa shape index (κ1) is 38.3. The predicted octanol–water partition coefficient (Wildman–Crippen LogP) is 4.50. The number of carboxylic acid groups (broad SMARTS) is 2. The molecule has 0 amide bonds. The van der Waals surface area contributed by atoms with Crippen LogP contribution >= 0.6 is 0 Å². The maximum atomic E-state index is 11.7. The second-order valence-electron chi connectivity index (χ2n) is 8.96. The van der Waals surface area contributed by atoms with Gasteiger partial charge in [-0.3, -0.25) is 14.4 Å². The van der Waals surface area contributed by atoms with Crippen LogP contribution in [0.25, 0.3) is 6.08 Å². The summed E-state index contributed by atoms with van der Waals surface area (Å²) in [5, 5.41) is 17.8. The number of ether oxygens (including phenoxy) is 6. The van der Waals surface area contributed by atoms with E-state index in [1.807, 2.05) is 19.9 Å². The molecule has 2 rings (SSSR count). The number of carbonyl (C=O) groups excluding carboxylic acids is 2.